The van der Waals surface area contributed by atoms with Gasteiger partial charge in [-0.3, -0.25) is 4.99 Å². The number of hydrogen-bond acceptors (Lipinski definition) is 1. The first-order valence-electron chi connectivity index (χ1n) is 4.54. The van der Waals surface area contributed by atoms with E-state index in [9.17, 15) is 8.78 Å². The average Bonchev–Trinajstić information content (AvgIpc) is 2.08. The number of anilines is 1. The first-order chi connectivity index (χ1) is 6.99. The van der Waals surface area contributed by atoms with Gasteiger partial charge in [0.1, 0.15) is 11.6 Å². The quantitative estimate of drug-likeness (QED) is 0.584. The lowest BCUT2D eigenvalue weighted by atomic mass is 10.3. The molecule has 0 atom stereocenters. The van der Waals surface area contributed by atoms with E-state index in [-0.39, 0.29) is 17.7 Å². The molecule has 82 valence electrons. The fraction of sp³-hybridized carbons (Fsp3) is 0.300. The smallest absolute Gasteiger partial charge is 0.193 e. The first-order valence-corrected chi connectivity index (χ1v) is 4.54. The van der Waals surface area contributed by atoms with Gasteiger partial charge in [-0.2, -0.15) is 0 Å². The molecular formula is C10H13F2N3. The molecule has 0 aliphatic rings. The highest BCUT2D eigenvalue weighted by molar-refractivity contribution is 5.92. The molecule has 0 saturated carbocycles. The molecule has 0 bridgehead atoms. The highest BCUT2D eigenvalue weighted by atomic mass is 19.1. The topological polar surface area (TPSA) is 50.4 Å². The van der Waals surface area contributed by atoms with Gasteiger partial charge in [0, 0.05) is 12.1 Å². The van der Waals surface area contributed by atoms with Crippen LogP contribution in [0.3, 0.4) is 0 Å². The predicted molar refractivity (Wildman–Crippen MR) is 56.7 cm³/mol. The summed E-state index contributed by atoms with van der Waals surface area (Å²) in [6.07, 6.45) is 0. The van der Waals surface area contributed by atoms with E-state index in [0.29, 0.717) is 0 Å². The number of rotatable bonds is 2. The Bertz CT molecular complexity index is 375. The third-order valence-corrected chi connectivity index (χ3v) is 1.59. The van der Waals surface area contributed by atoms with Gasteiger partial charge in [0.2, 0.25) is 0 Å². The maximum Gasteiger partial charge on any atom is 0.193 e. The largest absolute Gasteiger partial charge is 0.370 e. The van der Waals surface area contributed by atoms with Crippen LogP contribution < -0.4 is 11.1 Å². The predicted octanol–water partition coefficient (Wildman–Crippen LogP) is 2.10. The van der Waals surface area contributed by atoms with Crippen molar-refractivity contribution < 1.29 is 8.78 Å². The molecule has 1 rings (SSSR count). The molecule has 15 heavy (non-hydrogen) atoms. The SMILES string of the molecule is CC(C)N=C(N)Nc1ccc(F)cc1F. The number of nitrogens with two attached hydrogens (primary N) is 1. The third kappa shape index (κ3) is 3.53. The number of nitrogens with one attached hydrogen (secondary N) is 1. The van der Waals surface area contributed by atoms with E-state index in [4.69, 9.17) is 5.73 Å². The minimum Gasteiger partial charge on any atom is -0.370 e. The summed E-state index contributed by atoms with van der Waals surface area (Å²) in [6.45, 7) is 3.69. The van der Waals surface area contributed by atoms with Crippen molar-refractivity contribution in [2.75, 3.05) is 5.32 Å². The van der Waals surface area contributed by atoms with E-state index in [0.717, 1.165) is 12.1 Å². The molecule has 0 saturated heterocycles. The van der Waals surface area contributed by atoms with E-state index in [1.54, 1.807) is 0 Å². The fourth-order valence-corrected chi connectivity index (χ4v) is 1.04. The molecule has 3 N–H and O–H groups in total. The van der Waals surface area contributed by atoms with Crippen molar-refractivity contribution in [3.63, 3.8) is 0 Å². The summed E-state index contributed by atoms with van der Waals surface area (Å²) in [4.78, 5) is 3.96. The normalized spacial score (nSPS) is 11.9. The molecule has 0 amide bonds. The average molecular weight is 213 g/mol. The molecule has 0 heterocycles. The van der Waals surface area contributed by atoms with Gasteiger partial charge in [-0.05, 0) is 26.0 Å². The summed E-state index contributed by atoms with van der Waals surface area (Å²) in [7, 11) is 0. The van der Waals surface area contributed by atoms with Crippen LogP contribution in [0.2, 0.25) is 0 Å². The van der Waals surface area contributed by atoms with Crippen LogP contribution in [0.25, 0.3) is 0 Å². The Morgan fingerprint density at radius 1 is 1.40 bits per heavy atom. The first kappa shape index (κ1) is 11.4. The van der Waals surface area contributed by atoms with Gasteiger partial charge in [0.15, 0.2) is 5.96 Å². The van der Waals surface area contributed by atoms with Crippen LogP contribution in [0.15, 0.2) is 23.2 Å². The Labute approximate surface area is 87.0 Å². The second-order valence-corrected chi connectivity index (χ2v) is 3.36. The van der Waals surface area contributed by atoms with Crippen LogP contribution in [0.1, 0.15) is 13.8 Å². The van der Waals surface area contributed by atoms with E-state index in [1.807, 2.05) is 13.8 Å². The van der Waals surface area contributed by atoms with Crippen LogP contribution in [0, 0.1) is 11.6 Å². The van der Waals surface area contributed by atoms with Gasteiger partial charge >= 0.3 is 0 Å². The molecule has 1 aromatic rings. The van der Waals surface area contributed by atoms with Gasteiger partial charge < -0.3 is 11.1 Å². The molecule has 1 aromatic carbocycles. The lowest BCUT2D eigenvalue weighted by molar-refractivity contribution is 0.586. The zero-order valence-electron chi connectivity index (χ0n) is 8.59. The van der Waals surface area contributed by atoms with Crippen LogP contribution in [0.4, 0.5) is 14.5 Å². The second-order valence-electron chi connectivity index (χ2n) is 3.36. The summed E-state index contributed by atoms with van der Waals surface area (Å²) in [5.41, 5.74) is 5.60. The standard InChI is InChI=1S/C10H13F2N3/c1-6(2)14-10(13)15-9-4-3-7(11)5-8(9)12/h3-6H,1-2H3,(H3,13,14,15). The summed E-state index contributed by atoms with van der Waals surface area (Å²) in [6, 6.07) is 3.22. The molecule has 0 radical (unpaired) electrons. The molecule has 0 spiro atoms. The Morgan fingerprint density at radius 2 is 2.07 bits per heavy atom. The third-order valence-electron chi connectivity index (χ3n) is 1.59. The van der Waals surface area contributed by atoms with Crippen LogP contribution in [-0.4, -0.2) is 12.0 Å². The summed E-state index contributed by atoms with van der Waals surface area (Å²) in [5, 5.41) is 2.55. The summed E-state index contributed by atoms with van der Waals surface area (Å²) in [5.74, 6) is -1.22. The number of benzene rings is 1. The van der Waals surface area contributed by atoms with Crippen LogP contribution in [-0.2, 0) is 0 Å². The molecule has 0 aromatic heterocycles. The molecule has 0 unspecified atom stereocenters. The van der Waals surface area contributed by atoms with Gasteiger partial charge in [-0.25, -0.2) is 8.78 Å². The fourth-order valence-electron chi connectivity index (χ4n) is 1.04. The summed E-state index contributed by atoms with van der Waals surface area (Å²) < 4.78 is 25.7. The zero-order chi connectivity index (χ0) is 11.4. The van der Waals surface area contributed by atoms with Crippen molar-refractivity contribution in [3.05, 3.63) is 29.8 Å². The van der Waals surface area contributed by atoms with E-state index in [1.165, 1.54) is 6.07 Å². The van der Waals surface area contributed by atoms with Gasteiger partial charge in [-0.15, -0.1) is 0 Å². The Kier molecular flexibility index (Phi) is 3.60. The molecule has 0 fully saturated rings. The van der Waals surface area contributed by atoms with E-state index in [2.05, 4.69) is 10.3 Å². The van der Waals surface area contributed by atoms with Crippen molar-refractivity contribution in [1.82, 2.24) is 0 Å². The van der Waals surface area contributed by atoms with E-state index >= 15 is 0 Å². The number of nitrogens with zero attached hydrogens (tertiary/aromatic N) is 1. The van der Waals surface area contributed by atoms with Gasteiger partial charge in [0.25, 0.3) is 0 Å². The molecule has 5 heteroatoms. The van der Waals surface area contributed by atoms with E-state index < -0.39 is 11.6 Å². The monoisotopic (exact) mass is 213 g/mol. The second kappa shape index (κ2) is 4.72. The minimum atomic E-state index is -0.697. The van der Waals surface area contributed by atoms with Crippen LogP contribution in [0.5, 0.6) is 0 Å². The van der Waals surface area contributed by atoms with Crippen LogP contribution >= 0.6 is 0 Å². The number of hydrogen-bond donors (Lipinski definition) is 2. The van der Waals surface area contributed by atoms with Crippen molar-refractivity contribution in [2.45, 2.75) is 19.9 Å². The van der Waals surface area contributed by atoms with Crippen molar-refractivity contribution >= 4 is 11.6 Å². The molecular weight excluding hydrogens is 200 g/mol. The highest BCUT2D eigenvalue weighted by Crippen LogP contribution is 2.14. The Balaban J connectivity index is 2.81. The number of halogens is 2. The van der Waals surface area contributed by atoms with Gasteiger partial charge in [0.05, 0.1) is 5.69 Å². The minimum absolute atomic E-state index is 0.0148. The Morgan fingerprint density at radius 3 is 2.60 bits per heavy atom. The molecule has 0 aliphatic carbocycles. The molecule has 0 aliphatic heterocycles. The van der Waals surface area contributed by atoms with Crippen molar-refractivity contribution in [3.8, 4) is 0 Å². The maximum absolute atomic E-state index is 13.1. The lowest BCUT2D eigenvalue weighted by Gasteiger charge is -2.07. The molecule has 3 nitrogen and oxygen atoms in total. The summed E-state index contributed by atoms with van der Waals surface area (Å²) >= 11 is 0. The highest BCUT2D eigenvalue weighted by Gasteiger charge is 2.04. The van der Waals surface area contributed by atoms with Crippen molar-refractivity contribution in [2.24, 2.45) is 10.7 Å². The Hall–Kier alpha value is -1.65. The maximum atomic E-state index is 13.1. The van der Waals surface area contributed by atoms with Gasteiger partial charge in [-0.1, -0.05) is 0 Å². The number of guanidine groups is 1. The van der Waals surface area contributed by atoms with Crippen molar-refractivity contribution in [1.29, 1.82) is 0 Å². The lowest BCUT2D eigenvalue weighted by Crippen LogP contribution is -2.24. The number of aliphatic imine (C=N–C) groups is 1. The zero-order valence-corrected chi connectivity index (χ0v) is 8.59.